The van der Waals surface area contributed by atoms with Crippen LogP contribution in [0.4, 0.5) is 5.69 Å². The lowest BCUT2D eigenvalue weighted by Gasteiger charge is -2.35. The molecule has 0 bridgehead atoms. The molecule has 174 valence electrons. The normalized spacial score (nSPS) is 15.7. The monoisotopic (exact) mass is 471 g/mol. The Kier molecular flexibility index (Phi) is 6.49. The van der Waals surface area contributed by atoms with Gasteiger partial charge in [0.2, 0.25) is 5.91 Å². The third-order valence-corrected chi connectivity index (χ3v) is 6.31. The summed E-state index contributed by atoms with van der Waals surface area (Å²) in [5, 5.41) is 4.04. The Bertz CT molecular complexity index is 1220. The molecule has 33 heavy (non-hydrogen) atoms. The van der Waals surface area contributed by atoms with Crippen LogP contribution < -0.4 is 14.8 Å². The zero-order valence-corrected chi connectivity index (χ0v) is 19.7. The van der Waals surface area contributed by atoms with Crippen molar-refractivity contribution in [3.8, 4) is 11.5 Å². The van der Waals surface area contributed by atoms with Gasteiger partial charge in [-0.05, 0) is 54.8 Å². The summed E-state index contributed by atoms with van der Waals surface area (Å²) < 4.78 is 15.7. The van der Waals surface area contributed by atoms with Gasteiger partial charge in [-0.3, -0.25) is 9.69 Å². The number of anilines is 1. The number of amides is 1. The average molecular weight is 472 g/mol. The Morgan fingerprint density at radius 1 is 1.15 bits per heavy atom. The lowest BCUT2D eigenvalue weighted by molar-refractivity contribution is -0.117. The van der Waals surface area contributed by atoms with E-state index in [4.69, 9.17) is 25.8 Å². The molecule has 1 aromatic heterocycles. The second-order valence-corrected chi connectivity index (χ2v) is 8.34. The Morgan fingerprint density at radius 3 is 2.58 bits per heavy atom. The van der Waals surface area contributed by atoms with E-state index < -0.39 is 5.97 Å². The van der Waals surface area contributed by atoms with Crippen molar-refractivity contribution >= 4 is 40.1 Å². The number of nitrogens with zero attached hydrogens (tertiary/aromatic N) is 1. The topological polar surface area (TPSA) is 92.9 Å². The smallest absolute Gasteiger partial charge is 0.356 e. The van der Waals surface area contributed by atoms with E-state index in [1.807, 2.05) is 12.1 Å². The number of ether oxygens (including phenoxy) is 3. The predicted molar refractivity (Wildman–Crippen MR) is 127 cm³/mol. The first kappa shape index (κ1) is 22.9. The Morgan fingerprint density at radius 2 is 1.88 bits per heavy atom. The molecule has 0 spiro atoms. The van der Waals surface area contributed by atoms with Crippen LogP contribution in [0, 0.1) is 0 Å². The van der Waals surface area contributed by atoms with Crippen molar-refractivity contribution in [3.05, 3.63) is 52.2 Å². The molecule has 1 amide bonds. The molecule has 1 aliphatic rings. The van der Waals surface area contributed by atoms with Gasteiger partial charge in [-0.2, -0.15) is 0 Å². The third kappa shape index (κ3) is 4.36. The van der Waals surface area contributed by atoms with E-state index in [0.29, 0.717) is 39.7 Å². The van der Waals surface area contributed by atoms with Crippen LogP contribution >= 0.6 is 11.6 Å². The van der Waals surface area contributed by atoms with Gasteiger partial charge in [0.25, 0.3) is 0 Å². The molecule has 2 heterocycles. The van der Waals surface area contributed by atoms with Crippen LogP contribution in [0.5, 0.6) is 11.5 Å². The van der Waals surface area contributed by atoms with Crippen LogP contribution in [-0.4, -0.2) is 56.2 Å². The molecule has 2 N–H and O–H groups in total. The van der Waals surface area contributed by atoms with Gasteiger partial charge in [-0.1, -0.05) is 11.6 Å². The zero-order valence-electron chi connectivity index (χ0n) is 19.0. The fourth-order valence-corrected chi connectivity index (χ4v) is 4.50. The highest BCUT2D eigenvalue weighted by molar-refractivity contribution is 6.31. The number of fused-ring (bicyclic) bond motifs is 2. The van der Waals surface area contributed by atoms with Crippen LogP contribution in [0.1, 0.15) is 34.6 Å². The first-order valence-corrected chi connectivity index (χ1v) is 10.9. The van der Waals surface area contributed by atoms with Gasteiger partial charge in [-0.25, -0.2) is 4.79 Å². The van der Waals surface area contributed by atoms with Crippen molar-refractivity contribution in [3.63, 3.8) is 0 Å². The van der Waals surface area contributed by atoms with Crippen LogP contribution in [-0.2, 0) is 16.0 Å². The summed E-state index contributed by atoms with van der Waals surface area (Å²) in [7, 11) is 4.52. The zero-order chi connectivity index (χ0) is 23.7. The van der Waals surface area contributed by atoms with Gasteiger partial charge in [0.1, 0.15) is 5.69 Å². The summed E-state index contributed by atoms with van der Waals surface area (Å²) in [5.41, 5.74) is 3.49. The third-order valence-electron chi connectivity index (χ3n) is 6.07. The van der Waals surface area contributed by atoms with Gasteiger partial charge in [-0.15, -0.1) is 0 Å². The van der Waals surface area contributed by atoms with Gasteiger partial charge in [0.05, 0.1) is 33.6 Å². The summed E-state index contributed by atoms with van der Waals surface area (Å²) in [6, 6.07) is 9.14. The predicted octanol–water partition coefficient (Wildman–Crippen LogP) is 4.18. The van der Waals surface area contributed by atoms with Crippen LogP contribution in [0.3, 0.4) is 0 Å². The first-order valence-electron chi connectivity index (χ1n) is 10.5. The summed E-state index contributed by atoms with van der Waals surface area (Å²) in [6.45, 7) is 2.92. The molecule has 3 aromatic rings. The number of carbonyl (C=O) groups is 2. The number of benzene rings is 2. The molecule has 4 rings (SSSR count). The second kappa shape index (κ2) is 9.33. The number of hydrogen-bond donors (Lipinski definition) is 2. The van der Waals surface area contributed by atoms with Gasteiger partial charge in [0.15, 0.2) is 11.5 Å². The number of H-pyrrole nitrogens is 1. The Labute approximate surface area is 196 Å². The number of aromatic amines is 1. The minimum Gasteiger partial charge on any atom is -0.493 e. The molecule has 0 radical (unpaired) electrons. The largest absolute Gasteiger partial charge is 0.493 e. The maximum Gasteiger partial charge on any atom is 0.356 e. The highest BCUT2D eigenvalue weighted by Gasteiger charge is 2.28. The van der Waals surface area contributed by atoms with Gasteiger partial charge < -0.3 is 24.5 Å². The molecule has 0 fully saturated rings. The Balaban J connectivity index is 1.57. The summed E-state index contributed by atoms with van der Waals surface area (Å²) in [4.78, 5) is 30.4. The molecule has 1 atom stereocenters. The fourth-order valence-electron chi connectivity index (χ4n) is 4.33. The van der Waals surface area contributed by atoms with Crippen molar-refractivity contribution in [2.45, 2.75) is 19.4 Å². The average Bonchev–Trinajstić information content (AvgIpc) is 3.16. The van der Waals surface area contributed by atoms with E-state index in [-0.39, 0.29) is 24.2 Å². The molecule has 0 saturated heterocycles. The van der Waals surface area contributed by atoms with E-state index in [0.717, 1.165) is 12.0 Å². The van der Waals surface area contributed by atoms with Crippen LogP contribution in [0.25, 0.3) is 10.9 Å². The molecule has 2 aromatic carbocycles. The standard InChI is InChI=1S/C24H26ClN3O5/c1-13-16-11-20(32-3)19(31-2)9-14(16)7-8-28(13)12-21(29)27-22-17-10-15(25)5-6-18(17)26-23(22)24(30)33-4/h5-6,9-11,13,26H,7-8,12H2,1-4H3,(H,27,29)/t13-/m0/s1. The highest BCUT2D eigenvalue weighted by atomic mass is 35.5. The molecule has 0 saturated carbocycles. The van der Waals surface area contributed by atoms with Crippen LogP contribution in [0.15, 0.2) is 30.3 Å². The summed E-state index contributed by atoms with van der Waals surface area (Å²) in [5.74, 6) is 0.548. The van der Waals surface area contributed by atoms with E-state index in [1.54, 1.807) is 32.4 Å². The maximum atomic E-state index is 13.1. The lowest BCUT2D eigenvalue weighted by Crippen LogP contribution is -2.39. The molecular weight excluding hydrogens is 446 g/mol. The van der Waals surface area contributed by atoms with E-state index in [2.05, 4.69) is 22.1 Å². The first-order chi connectivity index (χ1) is 15.9. The van der Waals surface area contributed by atoms with Crippen LogP contribution in [0.2, 0.25) is 5.02 Å². The molecule has 0 aliphatic carbocycles. The van der Waals surface area contributed by atoms with Crippen molar-refractivity contribution in [2.75, 3.05) is 39.7 Å². The van der Waals surface area contributed by atoms with Crippen molar-refractivity contribution in [1.82, 2.24) is 9.88 Å². The Hall–Kier alpha value is -3.23. The quantitative estimate of drug-likeness (QED) is 0.524. The number of carbonyl (C=O) groups excluding carboxylic acids is 2. The minimum absolute atomic E-state index is 0.00297. The number of methoxy groups -OCH3 is 3. The molecule has 9 heteroatoms. The minimum atomic E-state index is -0.570. The second-order valence-electron chi connectivity index (χ2n) is 7.91. The summed E-state index contributed by atoms with van der Waals surface area (Å²) >= 11 is 6.15. The molecule has 0 unspecified atom stereocenters. The van der Waals surface area contributed by atoms with E-state index in [9.17, 15) is 9.59 Å². The molecular formula is C24H26ClN3O5. The number of aromatic nitrogens is 1. The highest BCUT2D eigenvalue weighted by Crippen LogP contribution is 2.38. The molecule has 1 aliphatic heterocycles. The van der Waals surface area contributed by atoms with Gasteiger partial charge >= 0.3 is 5.97 Å². The van der Waals surface area contributed by atoms with E-state index >= 15 is 0 Å². The van der Waals surface area contributed by atoms with Gasteiger partial charge in [0, 0.05) is 28.5 Å². The number of rotatable bonds is 6. The number of halogens is 1. The SMILES string of the molecule is COC(=O)c1[nH]c2ccc(Cl)cc2c1NC(=O)CN1CCc2cc(OC)c(OC)cc2[C@@H]1C. The molecule has 8 nitrogen and oxygen atoms in total. The number of esters is 1. The number of hydrogen-bond acceptors (Lipinski definition) is 6. The lowest BCUT2D eigenvalue weighted by atomic mass is 9.93. The van der Waals surface area contributed by atoms with Crippen molar-refractivity contribution in [1.29, 1.82) is 0 Å². The van der Waals surface area contributed by atoms with Crippen molar-refractivity contribution in [2.24, 2.45) is 0 Å². The van der Waals surface area contributed by atoms with Crippen molar-refractivity contribution < 1.29 is 23.8 Å². The maximum absolute atomic E-state index is 13.1. The number of nitrogens with one attached hydrogen (secondary N) is 2. The summed E-state index contributed by atoms with van der Waals surface area (Å²) in [6.07, 6.45) is 0.781. The van der Waals surface area contributed by atoms with E-state index in [1.165, 1.54) is 12.7 Å². The fraction of sp³-hybridized carbons (Fsp3) is 0.333.